The summed E-state index contributed by atoms with van der Waals surface area (Å²) in [4.78, 5) is 24.7. The molecule has 1 aromatic heterocycles. The van der Waals surface area contributed by atoms with Crippen LogP contribution in [-0.4, -0.2) is 53.4 Å². The summed E-state index contributed by atoms with van der Waals surface area (Å²) >= 11 is 0. The molecule has 8 heteroatoms. The van der Waals surface area contributed by atoms with Gasteiger partial charge in [0.1, 0.15) is 23.2 Å². The van der Waals surface area contributed by atoms with Crippen LogP contribution < -0.4 is 10.1 Å². The molecular weight excluding hydrogens is 457 g/mol. The fourth-order valence-corrected chi connectivity index (χ4v) is 5.12. The van der Waals surface area contributed by atoms with Gasteiger partial charge in [0.2, 0.25) is 0 Å². The van der Waals surface area contributed by atoms with Crippen molar-refractivity contribution in [2.45, 2.75) is 58.9 Å². The Kier molecular flexibility index (Phi) is 8.00. The number of Topliss-reactive ketones (excluding diaryl/α,β-unsaturated/α-hetero) is 1. The summed E-state index contributed by atoms with van der Waals surface area (Å²) in [6.07, 6.45) is 4.90. The predicted octanol–water partition coefficient (Wildman–Crippen LogP) is 4.80. The smallest absolute Gasteiger partial charge is 0.166 e. The molecule has 2 heterocycles. The fraction of sp³-hybridized carbons (Fsp3) is 0.500. The number of aromatic nitrogens is 2. The van der Waals surface area contributed by atoms with Crippen LogP contribution in [0.2, 0.25) is 0 Å². The molecule has 2 aliphatic rings. The summed E-state index contributed by atoms with van der Waals surface area (Å²) in [5.74, 6) is 1.10. The first-order valence-electron chi connectivity index (χ1n) is 12.7. The third-order valence-corrected chi connectivity index (χ3v) is 7.14. The topological polar surface area (TPSA) is 91.1 Å². The molecule has 7 nitrogen and oxygen atoms in total. The van der Waals surface area contributed by atoms with Crippen molar-refractivity contribution in [3.05, 3.63) is 52.2 Å². The number of fused-ring (bicyclic) bond motifs is 1. The van der Waals surface area contributed by atoms with Crippen molar-refractivity contribution in [1.29, 1.82) is 5.26 Å². The maximum absolute atomic E-state index is 15.2. The van der Waals surface area contributed by atoms with E-state index in [0.29, 0.717) is 54.0 Å². The Balaban J connectivity index is 1.53. The molecule has 0 atom stereocenters. The number of nitrogens with one attached hydrogen (secondary N) is 1. The summed E-state index contributed by atoms with van der Waals surface area (Å²) in [7, 11) is 1.52. The Labute approximate surface area is 212 Å². The lowest BCUT2D eigenvalue weighted by molar-refractivity contribution is 0.0908. The number of benzene rings is 1. The summed E-state index contributed by atoms with van der Waals surface area (Å²) in [5, 5.41) is 12.6. The highest BCUT2D eigenvalue weighted by Gasteiger charge is 2.26. The number of nitriles is 1. The number of nitrogens with zero attached hydrogens (tertiary/aromatic N) is 4. The van der Waals surface area contributed by atoms with Crippen LogP contribution in [0.1, 0.15) is 73.0 Å². The Morgan fingerprint density at radius 3 is 2.69 bits per heavy atom. The second-order valence-corrected chi connectivity index (χ2v) is 9.80. The van der Waals surface area contributed by atoms with E-state index in [1.807, 2.05) is 13.0 Å². The monoisotopic (exact) mass is 491 g/mol. The SMILES string of the molecule is CCNc1nc(Cc2cc(F)c(C(=O)CC3CCN(C(C)C)CC3)cc2OC)nc2c1C(C#N)=CC2. The number of piperidine rings is 1. The van der Waals surface area contributed by atoms with Crippen molar-refractivity contribution >= 4 is 17.2 Å². The molecule has 0 amide bonds. The molecule has 1 aliphatic carbocycles. The number of methoxy groups -OCH3 is 1. The van der Waals surface area contributed by atoms with E-state index in [1.165, 1.54) is 19.2 Å². The first kappa shape index (κ1) is 25.8. The molecule has 1 N–H and O–H groups in total. The molecule has 0 bridgehead atoms. The minimum Gasteiger partial charge on any atom is -0.496 e. The molecule has 190 valence electrons. The van der Waals surface area contributed by atoms with Crippen LogP contribution in [0, 0.1) is 23.1 Å². The molecule has 1 saturated heterocycles. The Hall–Kier alpha value is -3.31. The number of allylic oxidation sites excluding steroid dienone is 2. The van der Waals surface area contributed by atoms with Crippen LogP contribution >= 0.6 is 0 Å². The van der Waals surface area contributed by atoms with Gasteiger partial charge in [-0.1, -0.05) is 6.08 Å². The molecule has 36 heavy (non-hydrogen) atoms. The lowest BCUT2D eigenvalue weighted by Crippen LogP contribution is -2.38. The Morgan fingerprint density at radius 2 is 2.06 bits per heavy atom. The molecule has 0 radical (unpaired) electrons. The van der Waals surface area contributed by atoms with Crippen LogP contribution in [0.15, 0.2) is 18.2 Å². The minimum absolute atomic E-state index is 0.0768. The highest BCUT2D eigenvalue weighted by molar-refractivity contribution is 5.97. The first-order chi connectivity index (χ1) is 17.3. The third-order valence-electron chi connectivity index (χ3n) is 7.14. The number of rotatable bonds is 9. The van der Waals surface area contributed by atoms with Gasteiger partial charge in [-0.05, 0) is 64.8 Å². The zero-order chi connectivity index (χ0) is 25.8. The van der Waals surface area contributed by atoms with E-state index in [9.17, 15) is 10.1 Å². The molecule has 0 saturated carbocycles. The zero-order valence-electron chi connectivity index (χ0n) is 21.5. The van der Waals surface area contributed by atoms with Gasteiger partial charge in [0, 0.05) is 37.4 Å². The molecule has 0 spiro atoms. The molecule has 0 unspecified atom stereocenters. The van der Waals surface area contributed by atoms with Crippen LogP contribution in [-0.2, 0) is 12.8 Å². The van der Waals surface area contributed by atoms with Gasteiger partial charge in [0.25, 0.3) is 0 Å². The lowest BCUT2D eigenvalue weighted by atomic mass is 9.89. The van der Waals surface area contributed by atoms with Crippen LogP contribution in [0.3, 0.4) is 0 Å². The van der Waals surface area contributed by atoms with Crippen molar-refractivity contribution in [1.82, 2.24) is 14.9 Å². The number of carbonyl (C=O) groups is 1. The van der Waals surface area contributed by atoms with Crippen molar-refractivity contribution in [2.24, 2.45) is 5.92 Å². The van der Waals surface area contributed by atoms with Crippen LogP contribution in [0.5, 0.6) is 5.75 Å². The fourth-order valence-electron chi connectivity index (χ4n) is 5.12. The number of ether oxygens (including phenoxy) is 1. The Bertz CT molecular complexity index is 1210. The predicted molar refractivity (Wildman–Crippen MR) is 138 cm³/mol. The highest BCUT2D eigenvalue weighted by atomic mass is 19.1. The van der Waals surface area contributed by atoms with Crippen molar-refractivity contribution in [3.63, 3.8) is 0 Å². The van der Waals surface area contributed by atoms with E-state index in [0.717, 1.165) is 37.2 Å². The van der Waals surface area contributed by atoms with Crippen LogP contribution in [0.25, 0.3) is 5.57 Å². The largest absolute Gasteiger partial charge is 0.496 e. The van der Waals surface area contributed by atoms with E-state index in [1.54, 1.807) is 0 Å². The van der Waals surface area contributed by atoms with Gasteiger partial charge in [0.05, 0.1) is 35.6 Å². The number of hydrogen-bond donors (Lipinski definition) is 1. The minimum atomic E-state index is -0.545. The number of halogens is 1. The van der Waals surface area contributed by atoms with Crippen molar-refractivity contribution < 1.29 is 13.9 Å². The number of anilines is 1. The van der Waals surface area contributed by atoms with E-state index >= 15 is 4.39 Å². The normalized spacial score (nSPS) is 16.0. The van der Waals surface area contributed by atoms with Gasteiger partial charge >= 0.3 is 0 Å². The summed E-state index contributed by atoms with van der Waals surface area (Å²) in [5.41, 5.74) is 2.73. The summed E-state index contributed by atoms with van der Waals surface area (Å²) < 4.78 is 20.7. The summed E-state index contributed by atoms with van der Waals surface area (Å²) in [6, 6.07) is 5.60. The molecule has 1 fully saturated rings. The maximum Gasteiger partial charge on any atom is 0.166 e. The third kappa shape index (κ3) is 5.41. The van der Waals surface area contributed by atoms with E-state index in [-0.39, 0.29) is 23.7 Å². The second-order valence-electron chi connectivity index (χ2n) is 9.80. The van der Waals surface area contributed by atoms with Gasteiger partial charge in [0.15, 0.2) is 5.78 Å². The van der Waals surface area contributed by atoms with Crippen molar-refractivity contribution in [2.75, 3.05) is 32.1 Å². The maximum atomic E-state index is 15.2. The Morgan fingerprint density at radius 1 is 1.31 bits per heavy atom. The van der Waals surface area contributed by atoms with Crippen molar-refractivity contribution in [3.8, 4) is 11.8 Å². The van der Waals surface area contributed by atoms with E-state index in [2.05, 4.69) is 40.1 Å². The number of hydrogen-bond acceptors (Lipinski definition) is 7. The van der Waals surface area contributed by atoms with E-state index < -0.39 is 5.82 Å². The lowest BCUT2D eigenvalue weighted by Gasteiger charge is -2.34. The zero-order valence-corrected chi connectivity index (χ0v) is 21.5. The molecule has 4 rings (SSSR count). The van der Waals surface area contributed by atoms with Gasteiger partial charge in [-0.2, -0.15) is 5.26 Å². The van der Waals surface area contributed by atoms with Crippen LogP contribution in [0.4, 0.5) is 10.2 Å². The number of likely N-dealkylation sites (tertiary alicyclic amines) is 1. The van der Waals surface area contributed by atoms with Gasteiger partial charge in [-0.15, -0.1) is 0 Å². The number of carbonyl (C=O) groups excluding carboxylic acids is 1. The average molecular weight is 492 g/mol. The molecule has 1 aliphatic heterocycles. The average Bonchev–Trinajstić information content (AvgIpc) is 3.28. The standard InChI is InChI=1S/C28H34FN5O2/c1-5-31-28-27-19(16-30)6-7-23(27)32-26(33-28)14-20-13-22(29)21(15-25(20)36-4)24(35)12-18-8-10-34(11-9-18)17(2)3/h6,13,15,17-18H,5,7-12,14H2,1-4H3,(H,31,32,33). The van der Waals surface area contributed by atoms with Gasteiger partial charge in [-0.3, -0.25) is 4.79 Å². The highest BCUT2D eigenvalue weighted by Crippen LogP contribution is 2.33. The van der Waals surface area contributed by atoms with E-state index in [4.69, 9.17) is 4.74 Å². The first-order valence-corrected chi connectivity index (χ1v) is 12.7. The second kappa shape index (κ2) is 11.2. The quantitative estimate of drug-likeness (QED) is 0.504. The van der Waals surface area contributed by atoms with Gasteiger partial charge < -0.3 is 15.0 Å². The molecular formula is C28H34FN5O2. The van der Waals surface area contributed by atoms with Gasteiger partial charge in [-0.25, -0.2) is 14.4 Å². The summed E-state index contributed by atoms with van der Waals surface area (Å²) in [6.45, 7) is 8.92. The molecule has 2 aromatic rings. The molecule has 1 aromatic carbocycles. The number of ketones is 1.